The Morgan fingerprint density at radius 3 is 2.73 bits per heavy atom. The van der Waals surface area contributed by atoms with Crippen molar-refractivity contribution in [3.05, 3.63) is 24.0 Å². The minimum Gasteiger partial charge on any atom is -0.491 e. The van der Waals surface area contributed by atoms with Gasteiger partial charge in [-0.05, 0) is 26.0 Å². The highest BCUT2D eigenvalue weighted by Gasteiger charge is 2.12. The molecule has 0 amide bonds. The van der Waals surface area contributed by atoms with Crippen LogP contribution in [-0.4, -0.2) is 17.3 Å². The van der Waals surface area contributed by atoms with E-state index < -0.39 is 5.60 Å². The molecule has 0 atom stereocenters. The van der Waals surface area contributed by atoms with Crippen LogP contribution in [0, 0.1) is 5.82 Å². The van der Waals surface area contributed by atoms with E-state index in [0.717, 1.165) is 0 Å². The second kappa shape index (κ2) is 4.49. The second-order valence-corrected chi connectivity index (χ2v) is 4.09. The smallest absolute Gasteiger partial charge is 0.145 e. The molecule has 84 valence electrons. The Balaban J connectivity index is 2.54. The molecule has 0 saturated heterocycles. The Hall–Kier alpha value is -1.29. The molecule has 15 heavy (non-hydrogen) atoms. The molecule has 0 aromatic heterocycles. The van der Waals surface area contributed by atoms with Crippen molar-refractivity contribution in [1.82, 2.24) is 0 Å². The van der Waals surface area contributed by atoms with Crippen molar-refractivity contribution in [3.8, 4) is 5.75 Å². The predicted molar refractivity (Wildman–Crippen MR) is 57.2 cm³/mol. The first-order valence-corrected chi connectivity index (χ1v) is 4.79. The number of hydrogen-bond donors (Lipinski definition) is 2. The first kappa shape index (κ1) is 11.8. The van der Waals surface area contributed by atoms with E-state index in [9.17, 15) is 9.50 Å². The van der Waals surface area contributed by atoms with Crippen LogP contribution in [0.3, 0.4) is 0 Å². The van der Waals surface area contributed by atoms with Gasteiger partial charge in [-0.25, -0.2) is 4.39 Å². The number of ether oxygens (including phenoxy) is 1. The fourth-order valence-corrected chi connectivity index (χ4v) is 1.04. The van der Waals surface area contributed by atoms with Crippen LogP contribution < -0.4 is 10.5 Å². The third-order valence-electron chi connectivity index (χ3n) is 1.95. The number of benzene rings is 1. The monoisotopic (exact) mass is 213 g/mol. The zero-order chi connectivity index (χ0) is 11.5. The summed E-state index contributed by atoms with van der Waals surface area (Å²) in [6.45, 7) is 3.67. The van der Waals surface area contributed by atoms with Crippen LogP contribution >= 0.6 is 0 Å². The van der Waals surface area contributed by atoms with Gasteiger partial charge in [-0.15, -0.1) is 0 Å². The van der Waals surface area contributed by atoms with Gasteiger partial charge in [-0.1, -0.05) is 0 Å². The zero-order valence-corrected chi connectivity index (χ0v) is 8.96. The Kier molecular flexibility index (Phi) is 3.52. The van der Waals surface area contributed by atoms with E-state index in [1.807, 2.05) is 0 Å². The standard InChI is InChI=1S/C11H16FNO2/c1-11(2,14)5-6-15-10-7-8(12)3-4-9(10)13/h3-4,7,14H,5-6,13H2,1-2H3. The van der Waals surface area contributed by atoms with Crippen molar-refractivity contribution < 1.29 is 14.2 Å². The molecule has 0 bridgehead atoms. The average molecular weight is 213 g/mol. The third kappa shape index (κ3) is 4.16. The first-order chi connectivity index (χ1) is 6.88. The molecule has 0 unspecified atom stereocenters. The summed E-state index contributed by atoms with van der Waals surface area (Å²) in [5.41, 5.74) is 5.19. The molecular formula is C11H16FNO2. The first-order valence-electron chi connectivity index (χ1n) is 4.79. The average Bonchev–Trinajstić information content (AvgIpc) is 2.09. The molecule has 0 aliphatic heterocycles. The number of aliphatic hydroxyl groups is 1. The number of nitrogens with two attached hydrogens (primary N) is 1. The minimum atomic E-state index is -0.790. The van der Waals surface area contributed by atoms with Crippen molar-refractivity contribution >= 4 is 5.69 Å². The van der Waals surface area contributed by atoms with Crippen molar-refractivity contribution in [3.63, 3.8) is 0 Å². The van der Waals surface area contributed by atoms with Gasteiger partial charge in [-0.2, -0.15) is 0 Å². The maximum atomic E-state index is 12.8. The summed E-state index contributed by atoms with van der Waals surface area (Å²) in [4.78, 5) is 0. The highest BCUT2D eigenvalue weighted by atomic mass is 19.1. The van der Waals surface area contributed by atoms with Gasteiger partial charge in [0, 0.05) is 12.5 Å². The number of rotatable bonds is 4. The summed E-state index contributed by atoms with van der Waals surface area (Å²) in [5.74, 6) is -0.0679. The lowest BCUT2D eigenvalue weighted by molar-refractivity contribution is 0.0554. The van der Waals surface area contributed by atoms with Gasteiger partial charge in [0.25, 0.3) is 0 Å². The number of anilines is 1. The van der Waals surface area contributed by atoms with Crippen LogP contribution in [0.4, 0.5) is 10.1 Å². The summed E-state index contributed by atoms with van der Waals surface area (Å²) >= 11 is 0. The van der Waals surface area contributed by atoms with Gasteiger partial charge in [0.15, 0.2) is 0 Å². The summed E-state index contributed by atoms with van der Waals surface area (Å²) < 4.78 is 18.1. The van der Waals surface area contributed by atoms with E-state index in [4.69, 9.17) is 10.5 Å². The highest BCUT2D eigenvalue weighted by Crippen LogP contribution is 2.22. The molecule has 0 saturated carbocycles. The Morgan fingerprint density at radius 1 is 1.47 bits per heavy atom. The number of halogens is 1. The topological polar surface area (TPSA) is 55.5 Å². The van der Waals surface area contributed by atoms with Crippen molar-refractivity contribution in [1.29, 1.82) is 0 Å². The minimum absolute atomic E-state index is 0.303. The van der Waals surface area contributed by atoms with Crippen molar-refractivity contribution in [2.75, 3.05) is 12.3 Å². The molecule has 0 spiro atoms. The summed E-state index contributed by atoms with van der Waals surface area (Å²) in [5, 5.41) is 9.43. The molecule has 0 radical (unpaired) electrons. The van der Waals surface area contributed by atoms with Crippen molar-refractivity contribution in [2.24, 2.45) is 0 Å². The van der Waals surface area contributed by atoms with E-state index in [0.29, 0.717) is 24.5 Å². The molecule has 1 aromatic carbocycles. The summed E-state index contributed by atoms with van der Waals surface area (Å²) in [6, 6.07) is 3.96. The summed E-state index contributed by atoms with van der Waals surface area (Å²) in [7, 11) is 0. The molecule has 1 rings (SSSR count). The number of hydrogen-bond acceptors (Lipinski definition) is 3. The van der Waals surface area contributed by atoms with Gasteiger partial charge in [-0.3, -0.25) is 0 Å². The van der Waals surface area contributed by atoms with Gasteiger partial charge in [0.1, 0.15) is 11.6 Å². The molecule has 0 aliphatic rings. The van der Waals surface area contributed by atoms with Gasteiger partial charge in [0.2, 0.25) is 0 Å². The summed E-state index contributed by atoms with van der Waals surface area (Å²) in [6.07, 6.45) is 0.461. The SMILES string of the molecule is CC(C)(O)CCOc1cc(F)ccc1N. The Labute approximate surface area is 88.7 Å². The lowest BCUT2D eigenvalue weighted by Gasteiger charge is -2.17. The van der Waals surface area contributed by atoms with Crippen LogP contribution in [0.2, 0.25) is 0 Å². The van der Waals surface area contributed by atoms with E-state index in [1.165, 1.54) is 18.2 Å². The molecule has 0 fully saturated rings. The molecule has 0 heterocycles. The van der Waals surface area contributed by atoms with E-state index in [1.54, 1.807) is 13.8 Å². The molecule has 0 aliphatic carbocycles. The molecule has 3 nitrogen and oxygen atoms in total. The highest BCUT2D eigenvalue weighted by molar-refractivity contribution is 5.52. The van der Waals surface area contributed by atoms with Crippen LogP contribution in [0.1, 0.15) is 20.3 Å². The molecule has 1 aromatic rings. The maximum absolute atomic E-state index is 12.8. The lowest BCUT2D eigenvalue weighted by atomic mass is 10.1. The van der Waals surface area contributed by atoms with Crippen LogP contribution in [0.5, 0.6) is 5.75 Å². The largest absolute Gasteiger partial charge is 0.491 e. The third-order valence-corrected chi connectivity index (χ3v) is 1.95. The Morgan fingerprint density at radius 2 is 2.13 bits per heavy atom. The molecular weight excluding hydrogens is 197 g/mol. The molecule has 3 N–H and O–H groups in total. The van der Waals surface area contributed by atoms with E-state index >= 15 is 0 Å². The van der Waals surface area contributed by atoms with Crippen LogP contribution in [0.25, 0.3) is 0 Å². The quantitative estimate of drug-likeness (QED) is 0.751. The van der Waals surface area contributed by atoms with Crippen LogP contribution in [-0.2, 0) is 0 Å². The van der Waals surface area contributed by atoms with Crippen molar-refractivity contribution in [2.45, 2.75) is 25.9 Å². The maximum Gasteiger partial charge on any atom is 0.145 e. The lowest BCUT2D eigenvalue weighted by Crippen LogP contribution is -2.22. The van der Waals surface area contributed by atoms with Gasteiger partial charge >= 0.3 is 0 Å². The van der Waals surface area contributed by atoms with Crippen LogP contribution in [0.15, 0.2) is 18.2 Å². The van der Waals surface area contributed by atoms with E-state index in [2.05, 4.69) is 0 Å². The van der Waals surface area contributed by atoms with Gasteiger partial charge in [0.05, 0.1) is 17.9 Å². The Bertz CT molecular complexity index is 334. The fourth-order valence-electron chi connectivity index (χ4n) is 1.04. The number of nitrogen functional groups attached to an aromatic ring is 1. The predicted octanol–water partition coefficient (Wildman–Crippen LogP) is 1.95. The zero-order valence-electron chi connectivity index (χ0n) is 8.96. The normalized spacial score (nSPS) is 11.5. The van der Waals surface area contributed by atoms with Gasteiger partial charge < -0.3 is 15.6 Å². The molecule has 4 heteroatoms. The fraction of sp³-hybridized carbons (Fsp3) is 0.455. The van der Waals surface area contributed by atoms with E-state index in [-0.39, 0.29) is 5.82 Å². The second-order valence-electron chi connectivity index (χ2n) is 4.09.